The molecule has 1 heterocycles. The molecule has 3 rings (SSSR count). The Hall–Kier alpha value is -3.26. The van der Waals surface area contributed by atoms with Crippen LogP contribution in [0.5, 0.6) is 0 Å². The Balaban J connectivity index is 1.56. The first-order chi connectivity index (χ1) is 13.0. The van der Waals surface area contributed by atoms with Crippen molar-refractivity contribution in [2.45, 2.75) is 19.1 Å². The molecular formula is C19H19N3O5. The maximum absolute atomic E-state index is 12.6. The van der Waals surface area contributed by atoms with Crippen LogP contribution in [-0.4, -0.2) is 40.9 Å². The van der Waals surface area contributed by atoms with Gasteiger partial charge < -0.3 is 15.0 Å². The van der Waals surface area contributed by atoms with Gasteiger partial charge in [-0.3, -0.25) is 19.7 Å². The number of nitro groups is 1. The fourth-order valence-electron chi connectivity index (χ4n) is 2.84. The molecule has 8 nitrogen and oxygen atoms in total. The molecule has 0 saturated carbocycles. The van der Waals surface area contributed by atoms with Crippen LogP contribution < -0.4 is 5.32 Å². The first-order valence-electron chi connectivity index (χ1n) is 8.51. The van der Waals surface area contributed by atoms with E-state index in [1.54, 1.807) is 4.90 Å². The quantitative estimate of drug-likeness (QED) is 0.622. The van der Waals surface area contributed by atoms with E-state index in [0.717, 1.165) is 5.56 Å². The number of carbonyl (C=O) groups excluding carboxylic acids is 2. The molecule has 0 unspecified atom stereocenters. The van der Waals surface area contributed by atoms with Gasteiger partial charge in [0.25, 0.3) is 11.6 Å². The van der Waals surface area contributed by atoms with Gasteiger partial charge >= 0.3 is 0 Å². The molecule has 1 aliphatic rings. The lowest BCUT2D eigenvalue weighted by Crippen LogP contribution is -2.48. The maximum atomic E-state index is 12.6. The molecule has 27 heavy (non-hydrogen) atoms. The third-order valence-corrected chi connectivity index (χ3v) is 4.22. The number of carbonyl (C=O) groups is 2. The molecule has 1 fully saturated rings. The van der Waals surface area contributed by atoms with E-state index in [-0.39, 0.29) is 23.9 Å². The molecule has 1 aliphatic heterocycles. The summed E-state index contributed by atoms with van der Waals surface area (Å²) in [5.41, 5.74) is 1.38. The van der Waals surface area contributed by atoms with E-state index in [1.165, 1.54) is 24.3 Å². The second-order valence-electron chi connectivity index (χ2n) is 6.16. The van der Waals surface area contributed by atoms with E-state index < -0.39 is 11.0 Å². The summed E-state index contributed by atoms with van der Waals surface area (Å²) in [6.45, 7) is 1.33. The molecular weight excluding hydrogens is 350 g/mol. The Morgan fingerprint density at radius 2 is 1.89 bits per heavy atom. The summed E-state index contributed by atoms with van der Waals surface area (Å²) in [5.74, 6) is -0.604. The number of hydrogen-bond acceptors (Lipinski definition) is 5. The van der Waals surface area contributed by atoms with Gasteiger partial charge in [0.15, 0.2) is 0 Å². The average Bonchev–Trinajstić information content (AvgIpc) is 2.66. The first-order valence-corrected chi connectivity index (χ1v) is 8.51. The largest absolute Gasteiger partial charge is 0.366 e. The van der Waals surface area contributed by atoms with Crippen molar-refractivity contribution in [1.29, 1.82) is 0 Å². The van der Waals surface area contributed by atoms with Gasteiger partial charge in [-0.15, -0.1) is 0 Å². The lowest BCUT2D eigenvalue weighted by Gasteiger charge is -2.32. The number of nitro benzene ring substituents is 1. The van der Waals surface area contributed by atoms with Crippen LogP contribution in [0.4, 0.5) is 11.4 Å². The normalized spacial score (nSPS) is 16.8. The number of morpholine rings is 1. The standard InChI is InChI=1S/C19H19N3O5/c23-18(20-15-6-8-16(9-7-15)22(25)26)12-17-19(24)21(10-11-27-17)13-14-4-2-1-3-5-14/h1-9,17H,10-13H2,(H,20,23)/t17-/m0/s1. The number of benzene rings is 2. The smallest absolute Gasteiger partial charge is 0.269 e. The molecule has 0 aromatic heterocycles. The molecule has 2 amide bonds. The second kappa shape index (κ2) is 8.41. The lowest BCUT2D eigenvalue weighted by atomic mass is 10.1. The molecule has 0 spiro atoms. The molecule has 140 valence electrons. The highest BCUT2D eigenvalue weighted by Gasteiger charge is 2.31. The number of rotatable bonds is 6. The summed E-state index contributed by atoms with van der Waals surface area (Å²) in [6.07, 6.45) is -0.943. The van der Waals surface area contributed by atoms with Gasteiger partial charge in [-0.1, -0.05) is 30.3 Å². The Morgan fingerprint density at radius 1 is 1.19 bits per heavy atom. The number of non-ortho nitro benzene ring substituents is 1. The van der Waals surface area contributed by atoms with Gasteiger partial charge in [0.2, 0.25) is 5.91 Å². The van der Waals surface area contributed by atoms with Crippen molar-refractivity contribution in [3.05, 3.63) is 70.3 Å². The molecule has 0 aliphatic carbocycles. The number of hydrogen-bond donors (Lipinski definition) is 1. The minimum atomic E-state index is -0.833. The SMILES string of the molecule is O=C(C[C@@H]1OCCN(Cc2ccccc2)C1=O)Nc1ccc([N+](=O)[O-])cc1. The van der Waals surface area contributed by atoms with Crippen LogP contribution in [0.3, 0.4) is 0 Å². The highest BCUT2D eigenvalue weighted by atomic mass is 16.6. The number of amides is 2. The van der Waals surface area contributed by atoms with Gasteiger partial charge in [-0.2, -0.15) is 0 Å². The molecule has 0 bridgehead atoms. The zero-order valence-corrected chi connectivity index (χ0v) is 14.5. The van der Waals surface area contributed by atoms with Crippen molar-refractivity contribution in [1.82, 2.24) is 4.90 Å². The number of nitrogens with zero attached hydrogens (tertiary/aromatic N) is 2. The molecule has 2 aromatic rings. The van der Waals surface area contributed by atoms with E-state index in [9.17, 15) is 19.7 Å². The summed E-state index contributed by atoms with van der Waals surface area (Å²) >= 11 is 0. The highest BCUT2D eigenvalue weighted by molar-refractivity contribution is 5.95. The molecule has 1 saturated heterocycles. The fourth-order valence-corrected chi connectivity index (χ4v) is 2.84. The predicted molar refractivity (Wildman–Crippen MR) is 97.9 cm³/mol. The Bertz CT molecular complexity index is 823. The van der Waals surface area contributed by atoms with Gasteiger partial charge in [0.1, 0.15) is 6.10 Å². The summed E-state index contributed by atoms with van der Waals surface area (Å²) < 4.78 is 5.48. The minimum Gasteiger partial charge on any atom is -0.366 e. The summed E-state index contributed by atoms with van der Waals surface area (Å²) in [7, 11) is 0. The van der Waals surface area contributed by atoms with Gasteiger partial charge in [-0.05, 0) is 17.7 Å². The third-order valence-electron chi connectivity index (χ3n) is 4.22. The van der Waals surface area contributed by atoms with Gasteiger partial charge in [0.05, 0.1) is 18.0 Å². The van der Waals surface area contributed by atoms with Crippen molar-refractivity contribution in [2.75, 3.05) is 18.5 Å². The third kappa shape index (κ3) is 4.89. The van der Waals surface area contributed by atoms with Crippen LogP contribution in [0.25, 0.3) is 0 Å². The molecule has 1 atom stereocenters. The first kappa shape index (κ1) is 18.5. The van der Waals surface area contributed by atoms with Crippen molar-refractivity contribution >= 4 is 23.2 Å². The molecule has 0 radical (unpaired) electrons. The summed E-state index contributed by atoms with van der Waals surface area (Å²) in [6, 6.07) is 15.1. The highest BCUT2D eigenvalue weighted by Crippen LogP contribution is 2.18. The summed E-state index contributed by atoms with van der Waals surface area (Å²) in [4.78, 5) is 36.6. The Kier molecular flexibility index (Phi) is 5.77. The van der Waals surface area contributed by atoms with Crippen LogP contribution in [0.15, 0.2) is 54.6 Å². The number of anilines is 1. The van der Waals surface area contributed by atoms with Crippen molar-refractivity contribution < 1.29 is 19.2 Å². The van der Waals surface area contributed by atoms with Crippen LogP contribution in [0.1, 0.15) is 12.0 Å². The van der Waals surface area contributed by atoms with Crippen molar-refractivity contribution in [3.63, 3.8) is 0 Å². The number of ether oxygens (including phenoxy) is 1. The van der Waals surface area contributed by atoms with Crippen LogP contribution >= 0.6 is 0 Å². The van der Waals surface area contributed by atoms with E-state index >= 15 is 0 Å². The van der Waals surface area contributed by atoms with E-state index in [4.69, 9.17) is 4.74 Å². The predicted octanol–water partition coefficient (Wildman–Crippen LogP) is 2.35. The zero-order valence-electron chi connectivity index (χ0n) is 14.5. The zero-order chi connectivity index (χ0) is 19.2. The van der Waals surface area contributed by atoms with E-state index in [2.05, 4.69) is 5.32 Å². The van der Waals surface area contributed by atoms with Crippen LogP contribution in [-0.2, 0) is 20.9 Å². The molecule has 2 aromatic carbocycles. The molecule has 1 N–H and O–H groups in total. The lowest BCUT2D eigenvalue weighted by molar-refractivity contribution is -0.384. The number of nitrogens with one attached hydrogen (secondary N) is 1. The van der Waals surface area contributed by atoms with Crippen molar-refractivity contribution in [3.8, 4) is 0 Å². The van der Waals surface area contributed by atoms with Crippen molar-refractivity contribution in [2.24, 2.45) is 0 Å². The van der Waals surface area contributed by atoms with Crippen LogP contribution in [0, 0.1) is 10.1 Å². The average molecular weight is 369 g/mol. The topological polar surface area (TPSA) is 102 Å². The Labute approximate surface area is 155 Å². The molecule has 8 heteroatoms. The maximum Gasteiger partial charge on any atom is 0.269 e. The van der Waals surface area contributed by atoms with Crippen LogP contribution in [0.2, 0.25) is 0 Å². The summed E-state index contributed by atoms with van der Waals surface area (Å²) in [5, 5.41) is 13.3. The second-order valence-corrected chi connectivity index (χ2v) is 6.16. The Morgan fingerprint density at radius 3 is 2.56 bits per heavy atom. The minimum absolute atomic E-state index is 0.0599. The van der Waals surface area contributed by atoms with Gasteiger partial charge in [-0.25, -0.2) is 0 Å². The van der Waals surface area contributed by atoms with E-state index in [1.807, 2.05) is 30.3 Å². The monoisotopic (exact) mass is 369 g/mol. The van der Waals surface area contributed by atoms with Gasteiger partial charge in [0, 0.05) is 30.9 Å². The van der Waals surface area contributed by atoms with E-state index in [0.29, 0.717) is 25.4 Å². The fraction of sp³-hybridized carbons (Fsp3) is 0.263.